The average Bonchev–Trinajstić information content (AvgIpc) is 3.52. The van der Waals surface area contributed by atoms with Gasteiger partial charge in [-0.1, -0.05) is 45.0 Å². The minimum absolute atomic E-state index is 0.0168. The third-order valence-electron chi connectivity index (χ3n) is 7.01. The van der Waals surface area contributed by atoms with Crippen LogP contribution in [0.5, 0.6) is 0 Å². The van der Waals surface area contributed by atoms with Crippen molar-refractivity contribution in [3.05, 3.63) is 101 Å². The number of aromatic nitrogens is 1. The molecule has 4 aromatic rings. The van der Waals surface area contributed by atoms with Gasteiger partial charge in [-0.25, -0.2) is 4.39 Å². The van der Waals surface area contributed by atoms with Crippen molar-refractivity contribution >= 4 is 28.4 Å². The van der Waals surface area contributed by atoms with Crippen LogP contribution in [-0.2, 0) is 12.0 Å². The third-order valence-corrected chi connectivity index (χ3v) is 7.01. The zero-order valence-corrected chi connectivity index (χ0v) is 21.6. The molecule has 0 bridgehead atoms. The summed E-state index contributed by atoms with van der Waals surface area (Å²) in [6, 6.07) is 21.6. The van der Waals surface area contributed by atoms with E-state index in [4.69, 9.17) is 0 Å². The van der Waals surface area contributed by atoms with Gasteiger partial charge in [-0.2, -0.15) is 0 Å². The number of benzene rings is 3. The highest BCUT2D eigenvalue weighted by molar-refractivity contribution is 6.06. The van der Waals surface area contributed by atoms with Gasteiger partial charge in [0.25, 0.3) is 11.8 Å². The lowest BCUT2D eigenvalue weighted by atomic mass is 9.87. The molecule has 0 aliphatic carbocycles. The number of carbonyl (C=O) groups is 2. The molecule has 190 valence electrons. The highest BCUT2D eigenvalue weighted by Crippen LogP contribution is 2.28. The highest BCUT2D eigenvalue weighted by atomic mass is 19.1. The van der Waals surface area contributed by atoms with Gasteiger partial charge >= 0.3 is 0 Å². The molecular weight excluding hydrogens is 465 g/mol. The van der Waals surface area contributed by atoms with E-state index in [0.29, 0.717) is 23.5 Å². The fourth-order valence-corrected chi connectivity index (χ4v) is 4.92. The van der Waals surface area contributed by atoms with Gasteiger partial charge in [0, 0.05) is 41.8 Å². The van der Waals surface area contributed by atoms with Gasteiger partial charge in [-0.15, -0.1) is 0 Å². The second-order valence-corrected chi connectivity index (χ2v) is 10.8. The fourth-order valence-electron chi connectivity index (χ4n) is 4.92. The number of nitrogens with one attached hydrogen (secondary N) is 1. The Morgan fingerprint density at radius 1 is 0.919 bits per heavy atom. The number of nitrogens with zero attached hydrogens (tertiary/aromatic N) is 2. The van der Waals surface area contributed by atoms with Crippen molar-refractivity contribution in [3.63, 3.8) is 0 Å². The number of likely N-dealkylation sites (tertiary alicyclic amines) is 1. The molecule has 0 atom stereocenters. The molecule has 0 saturated carbocycles. The molecule has 1 N–H and O–H groups in total. The molecule has 37 heavy (non-hydrogen) atoms. The lowest BCUT2D eigenvalue weighted by Crippen LogP contribution is -2.29. The van der Waals surface area contributed by atoms with E-state index in [1.165, 1.54) is 17.7 Å². The Kier molecular flexibility index (Phi) is 6.59. The summed E-state index contributed by atoms with van der Waals surface area (Å²) >= 11 is 0. The molecule has 0 unspecified atom stereocenters. The number of anilines is 1. The summed E-state index contributed by atoms with van der Waals surface area (Å²) in [5.74, 6) is -0.510. The topological polar surface area (TPSA) is 54.3 Å². The number of fused-ring (bicyclic) bond motifs is 1. The minimum atomic E-state index is -0.304. The van der Waals surface area contributed by atoms with Crippen LogP contribution in [0.3, 0.4) is 0 Å². The summed E-state index contributed by atoms with van der Waals surface area (Å²) in [5, 5.41) is 3.83. The van der Waals surface area contributed by atoms with Crippen LogP contribution in [0.2, 0.25) is 0 Å². The predicted molar refractivity (Wildman–Crippen MR) is 146 cm³/mol. The molecule has 1 aliphatic rings. The lowest BCUT2D eigenvalue weighted by molar-refractivity contribution is 0.0783. The molecule has 5 rings (SSSR count). The Hall–Kier alpha value is -3.93. The number of hydrogen-bond acceptors (Lipinski definition) is 2. The molecule has 1 aliphatic heterocycles. The second kappa shape index (κ2) is 9.85. The SMILES string of the molecule is CC(C)(C)c1ccc(C(=O)Nc2ccc3c(c2)cc(C(=O)N2CCCC2)n3Cc2cccc(F)c2)cc1. The molecule has 1 aromatic heterocycles. The van der Waals surface area contributed by atoms with Gasteiger partial charge in [-0.05, 0) is 77.9 Å². The molecule has 3 aromatic carbocycles. The first-order chi connectivity index (χ1) is 17.7. The molecular formula is C31H32FN3O2. The predicted octanol–water partition coefficient (Wildman–Crippen LogP) is 6.61. The maximum atomic E-state index is 13.9. The van der Waals surface area contributed by atoms with Gasteiger partial charge < -0.3 is 14.8 Å². The minimum Gasteiger partial charge on any atom is -0.337 e. The largest absolute Gasteiger partial charge is 0.337 e. The number of halogens is 1. The van der Waals surface area contributed by atoms with E-state index < -0.39 is 0 Å². The average molecular weight is 498 g/mol. The van der Waals surface area contributed by atoms with E-state index in [9.17, 15) is 14.0 Å². The smallest absolute Gasteiger partial charge is 0.270 e. The Labute approximate surface area is 216 Å². The van der Waals surface area contributed by atoms with Crippen molar-refractivity contribution in [1.82, 2.24) is 9.47 Å². The van der Waals surface area contributed by atoms with Gasteiger partial charge in [0.15, 0.2) is 0 Å². The van der Waals surface area contributed by atoms with Gasteiger partial charge in [-0.3, -0.25) is 9.59 Å². The maximum Gasteiger partial charge on any atom is 0.270 e. The summed E-state index contributed by atoms with van der Waals surface area (Å²) < 4.78 is 15.8. The first-order valence-corrected chi connectivity index (χ1v) is 12.8. The van der Waals surface area contributed by atoms with Gasteiger partial charge in [0.05, 0.1) is 0 Å². The van der Waals surface area contributed by atoms with Crippen molar-refractivity contribution in [2.75, 3.05) is 18.4 Å². The van der Waals surface area contributed by atoms with Crippen LogP contribution in [0.15, 0.2) is 72.8 Å². The van der Waals surface area contributed by atoms with Crippen LogP contribution in [0.4, 0.5) is 10.1 Å². The number of amides is 2. The van der Waals surface area contributed by atoms with Crippen molar-refractivity contribution in [2.24, 2.45) is 0 Å². The first-order valence-electron chi connectivity index (χ1n) is 12.8. The van der Waals surface area contributed by atoms with Crippen LogP contribution in [0, 0.1) is 5.82 Å². The van der Waals surface area contributed by atoms with E-state index >= 15 is 0 Å². The zero-order valence-electron chi connectivity index (χ0n) is 21.6. The summed E-state index contributed by atoms with van der Waals surface area (Å²) in [7, 11) is 0. The quantitative estimate of drug-likeness (QED) is 0.337. The Morgan fingerprint density at radius 3 is 2.32 bits per heavy atom. The van der Waals surface area contributed by atoms with Gasteiger partial charge in [0.1, 0.15) is 11.5 Å². The normalized spacial score (nSPS) is 13.8. The van der Waals surface area contributed by atoms with Crippen LogP contribution >= 0.6 is 0 Å². The standard InChI is InChI=1S/C31H32FN3O2/c1-31(2,3)24-11-9-22(10-12-24)29(36)33-26-13-14-27-23(18-26)19-28(30(37)34-15-4-5-16-34)35(27)20-21-7-6-8-25(32)17-21/h6-14,17-19H,4-5,15-16,20H2,1-3H3,(H,33,36). The van der Waals surface area contributed by atoms with Crippen LogP contribution in [-0.4, -0.2) is 34.4 Å². The first kappa shape index (κ1) is 24.8. The Balaban J connectivity index is 1.46. The fraction of sp³-hybridized carbons (Fsp3) is 0.290. The summed E-state index contributed by atoms with van der Waals surface area (Å²) in [6.45, 7) is 8.29. The number of carbonyl (C=O) groups excluding carboxylic acids is 2. The maximum absolute atomic E-state index is 13.9. The van der Waals surface area contributed by atoms with Crippen molar-refractivity contribution in [3.8, 4) is 0 Å². The van der Waals surface area contributed by atoms with E-state index in [-0.39, 0.29) is 23.0 Å². The molecule has 0 radical (unpaired) electrons. The highest BCUT2D eigenvalue weighted by Gasteiger charge is 2.24. The summed E-state index contributed by atoms with van der Waals surface area (Å²) in [4.78, 5) is 28.2. The van der Waals surface area contributed by atoms with Crippen LogP contribution in [0.1, 0.15) is 65.6 Å². The zero-order chi connectivity index (χ0) is 26.2. The molecule has 1 saturated heterocycles. The molecule has 5 nitrogen and oxygen atoms in total. The molecule has 6 heteroatoms. The van der Waals surface area contributed by atoms with Crippen molar-refractivity contribution < 1.29 is 14.0 Å². The number of hydrogen-bond donors (Lipinski definition) is 1. The van der Waals surface area contributed by atoms with E-state index in [2.05, 4.69) is 26.1 Å². The molecule has 0 spiro atoms. The molecule has 2 amide bonds. The second-order valence-electron chi connectivity index (χ2n) is 10.8. The van der Waals surface area contributed by atoms with Crippen molar-refractivity contribution in [1.29, 1.82) is 0 Å². The molecule has 2 heterocycles. The van der Waals surface area contributed by atoms with E-state index in [1.807, 2.05) is 64.1 Å². The van der Waals surface area contributed by atoms with Crippen molar-refractivity contribution in [2.45, 2.75) is 45.6 Å². The summed E-state index contributed by atoms with van der Waals surface area (Å²) in [5.41, 5.74) is 4.64. The van der Waals surface area contributed by atoms with Crippen LogP contribution in [0.25, 0.3) is 10.9 Å². The lowest BCUT2D eigenvalue weighted by Gasteiger charge is -2.19. The molecule has 1 fully saturated rings. The summed E-state index contributed by atoms with van der Waals surface area (Å²) in [6.07, 6.45) is 2.01. The van der Waals surface area contributed by atoms with E-state index in [1.54, 1.807) is 6.07 Å². The monoisotopic (exact) mass is 497 g/mol. The van der Waals surface area contributed by atoms with Crippen LogP contribution < -0.4 is 5.32 Å². The Bertz CT molecular complexity index is 1460. The third kappa shape index (κ3) is 5.29. The Morgan fingerprint density at radius 2 is 1.65 bits per heavy atom. The van der Waals surface area contributed by atoms with E-state index in [0.717, 1.165) is 42.4 Å². The van der Waals surface area contributed by atoms with Gasteiger partial charge in [0.2, 0.25) is 0 Å². The number of rotatable bonds is 5.